The molecule has 0 bridgehead atoms. The van der Waals surface area contributed by atoms with E-state index in [9.17, 15) is 0 Å². The molecule has 0 aromatic heterocycles. The average Bonchev–Trinajstić information content (AvgIpc) is 2.68. The molecule has 3 unspecified atom stereocenters. The SMILES string of the molecule is CC1CC(NCC2(C)CCCS2)CCN1C. The summed E-state index contributed by atoms with van der Waals surface area (Å²) in [6.07, 6.45) is 5.44. The van der Waals surface area contributed by atoms with Gasteiger partial charge in [-0.3, -0.25) is 0 Å². The standard InChI is InChI=1S/C13H26N2S/c1-11-9-12(5-7-15(11)3)14-10-13(2)6-4-8-16-13/h11-12,14H,4-10H2,1-3H3. The second-order valence-corrected chi connectivity index (χ2v) is 7.52. The second kappa shape index (κ2) is 5.28. The monoisotopic (exact) mass is 242 g/mol. The molecule has 16 heavy (non-hydrogen) atoms. The molecule has 0 aromatic rings. The molecular formula is C13H26N2S. The van der Waals surface area contributed by atoms with Gasteiger partial charge < -0.3 is 10.2 Å². The normalized spacial score (nSPS) is 41.4. The van der Waals surface area contributed by atoms with Crippen molar-refractivity contribution in [2.45, 2.75) is 56.4 Å². The molecule has 0 saturated carbocycles. The first-order valence-electron chi connectivity index (χ1n) is 6.67. The van der Waals surface area contributed by atoms with Gasteiger partial charge in [-0.1, -0.05) is 0 Å². The predicted octanol–water partition coefficient (Wildman–Crippen LogP) is 2.34. The van der Waals surface area contributed by atoms with Crippen LogP contribution in [0.1, 0.15) is 39.5 Å². The lowest BCUT2D eigenvalue weighted by atomic mass is 9.97. The van der Waals surface area contributed by atoms with Crippen LogP contribution in [0.3, 0.4) is 0 Å². The lowest BCUT2D eigenvalue weighted by Crippen LogP contribution is -2.48. The van der Waals surface area contributed by atoms with E-state index in [1.807, 2.05) is 0 Å². The van der Waals surface area contributed by atoms with Crippen molar-refractivity contribution in [2.75, 3.05) is 25.9 Å². The summed E-state index contributed by atoms with van der Waals surface area (Å²) in [4.78, 5) is 2.48. The van der Waals surface area contributed by atoms with Crippen molar-refractivity contribution in [3.05, 3.63) is 0 Å². The van der Waals surface area contributed by atoms with Crippen LogP contribution in [0, 0.1) is 0 Å². The fourth-order valence-corrected chi connectivity index (χ4v) is 4.07. The van der Waals surface area contributed by atoms with Crippen LogP contribution in [0.5, 0.6) is 0 Å². The lowest BCUT2D eigenvalue weighted by Gasteiger charge is -2.37. The molecule has 2 rings (SSSR count). The summed E-state index contributed by atoms with van der Waals surface area (Å²) in [5.74, 6) is 1.36. The van der Waals surface area contributed by atoms with Gasteiger partial charge in [0, 0.05) is 23.4 Å². The fraction of sp³-hybridized carbons (Fsp3) is 1.00. The van der Waals surface area contributed by atoms with Crippen molar-refractivity contribution >= 4 is 11.8 Å². The topological polar surface area (TPSA) is 15.3 Å². The van der Waals surface area contributed by atoms with Gasteiger partial charge in [-0.05, 0) is 58.9 Å². The molecule has 2 aliphatic rings. The molecule has 0 amide bonds. The lowest BCUT2D eigenvalue weighted by molar-refractivity contribution is 0.167. The molecule has 2 nitrogen and oxygen atoms in total. The Kier molecular flexibility index (Phi) is 4.20. The van der Waals surface area contributed by atoms with E-state index in [0.29, 0.717) is 4.75 Å². The minimum atomic E-state index is 0.520. The summed E-state index contributed by atoms with van der Waals surface area (Å²) >= 11 is 2.16. The summed E-state index contributed by atoms with van der Waals surface area (Å²) in [7, 11) is 2.25. The number of nitrogens with one attached hydrogen (secondary N) is 1. The van der Waals surface area contributed by atoms with Crippen LogP contribution in [-0.2, 0) is 0 Å². The van der Waals surface area contributed by atoms with Crippen LogP contribution in [-0.4, -0.2) is 47.6 Å². The van der Waals surface area contributed by atoms with Crippen LogP contribution in [0.4, 0.5) is 0 Å². The maximum Gasteiger partial charge on any atom is 0.0256 e. The maximum absolute atomic E-state index is 3.81. The van der Waals surface area contributed by atoms with E-state index in [4.69, 9.17) is 0 Å². The van der Waals surface area contributed by atoms with Crippen molar-refractivity contribution in [1.82, 2.24) is 10.2 Å². The summed E-state index contributed by atoms with van der Waals surface area (Å²) in [5.41, 5.74) is 0. The number of thioether (sulfide) groups is 1. The zero-order valence-electron chi connectivity index (χ0n) is 11.0. The first kappa shape index (κ1) is 12.7. The zero-order valence-corrected chi connectivity index (χ0v) is 11.8. The van der Waals surface area contributed by atoms with E-state index in [1.54, 1.807) is 0 Å². The van der Waals surface area contributed by atoms with Crippen molar-refractivity contribution in [3.63, 3.8) is 0 Å². The Bertz CT molecular complexity index is 226. The van der Waals surface area contributed by atoms with Crippen LogP contribution < -0.4 is 5.32 Å². The molecule has 0 radical (unpaired) electrons. The Morgan fingerprint density at radius 2 is 2.31 bits per heavy atom. The Morgan fingerprint density at radius 1 is 1.50 bits per heavy atom. The molecule has 3 atom stereocenters. The molecular weight excluding hydrogens is 216 g/mol. The molecule has 3 heteroatoms. The summed E-state index contributed by atoms with van der Waals surface area (Å²) in [6, 6.07) is 1.50. The molecule has 94 valence electrons. The highest BCUT2D eigenvalue weighted by Gasteiger charge is 2.31. The zero-order chi connectivity index (χ0) is 11.6. The van der Waals surface area contributed by atoms with Crippen molar-refractivity contribution in [3.8, 4) is 0 Å². The van der Waals surface area contributed by atoms with E-state index < -0.39 is 0 Å². The minimum absolute atomic E-state index is 0.520. The minimum Gasteiger partial charge on any atom is -0.313 e. The molecule has 0 spiro atoms. The quantitative estimate of drug-likeness (QED) is 0.818. The third-order valence-electron chi connectivity index (χ3n) is 4.27. The van der Waals surface area contributed by atoms with Crippen molar-refractivity contribution in [2.24, 2.45) is 0 Å². The highest BCUT2D eigenvalue weighted by molar-refractivity contribution is 8.00. The van der Waals surface area contributed by atoms with Gasteiger partial charge in [0.1, 0.15) is 0 Å². The Morgan fingerprint density at radius 3 is 2.94 bits per heavy atom. The van der Waals surface area contributed by atoms with E-state index >= 15 is 0 Å². The van der Waals surface area contributed by atoms with Crippen LogP contribution in [0.2, 0.25) is 0 Å². The highest BCUT2D eigenvalue weighted by atomic mass is 32.2. The van der Waals surface area contributed by atoms with E-state index in [1.165, 1.54) is 44.5 Å². The number of rotatable bonds is 3. The molecule has 0 aliphatic carbocycles. The Labute approximate surface area is 105 Å². The molecule has 2 heterocycles. The average molecular weight is 242 g/mol. The first-order valence-corrected chi connectivity index (χ1v) is 7.65. The van der Waals surface area contributed by atoms with Crippen molar-refractivity contribution < 1.29 is 0 Å². The third-order valence-corrected chi connectivity index (χ3v) is 5.81. The molecule has 2 saturated heterocycles. The van der Waals surface area contributed by atoms with Crippen molar-refractivity contribution in [1.29, 1.82) is 0 Å². The van der Waals surface area contributed by atoms with Crippen LogP contribution >= 0.6 is 11.8 Å². The number of likely N-dealkylation sites (tertiary alicyclic amines) is 1. The van der Waals surface area contributed by atoms with Gasteiger partial charge in [0.15, 0.2) is 0 Å². The van der Waals surface area contributed by atoms with Crippen LogP contribution in [0.25, 0.3) is 0 Å². The number of hydrogen-bond acceptors (Lipinski definition) is 3. The first-order chi connectivity index (χ1) is 7.59. The predicted molar refractivity (Wildman–Crippen MR) is 73.2 cm³/mol. The van der Waals surface area contributed by atoms with Crippen LogP contribution in [0.15, 0.2) is 0 Å². The summed E-state index contributed by atoms with van der Waals surface area (Å²) in [5, 5.41) is 3.81. The number of hydrogen-bond donors (Lipinski definition) is 1. The van der Waals surface area contributed by atoms with E-state index in [-0.39, 0.29) is 0 Å². The van der Waals surface area contributed by atoms with E-state index in [2.05, 4.69) is 42.9 Å². The fourth-order valence-electron chi connectivity index (χ4n) is 2.81. The highest BCUT2D eigenvalue weighted by Crippen LogP contribution is 2.37. The summed E-state index contributed by atoms with van der Waals surface area (Å²) < 4.78 is 0.520. The molecule has 1 N–H and O–H groups in total. The smallest absolute Gasteiger partial charge is 0.0256 e. The maximum atomic E-state index is 3.81. The van der Waals surface area contributed by atoms with Gasteiger partial charge in [0.05, 0.1) is 0 Å². The Hall–Kier alpha value is 0.270. The Balaban J connectivity index is 1.74. The molecule has 2 fully saturated rings. The number of nitrogens with zero attached hydrogens (tertiary/aromatic N) is 1. The largest absolute Gasteiger partial charge is 0.313 e. The molecule has 2 aliphatic heterocycles. The van der Waals surface area contributed by atoms with E-state index in [0.717, 1.165) is 12.1 Å². The van der Waals surface area contributed by atoms with Gasteiger partial charge in [-0.15, -0.1) is 0 Å². The summed E-state index contributed by atoms with van der Waals surface area (Å²) in [6.45, 7) is 7.23. The van der Waals surface area contributed by atoms with Gasteiger partial charge in [-0.25, -0.2) is 0 Å². The van der Waals surface area contributed by atoms with Gasteiger partial charge in [0.2, 0.25) is 0 Å². The number of piperidine rings is 1. The second-order valence-electron chi connectivity index (χ2n) is 5.83. The third kappa shape index (κ3) is 3.14. The molecule has 0 aromatic carbocycles. The van der Waals surface area contributed by atoms with Gasteiger partial charge >= 0.3 is 0 Å². The van der Waals surface area contributed by atoms with Gasteiger partial charge in [-0.2, -0.15) is 11.8 Å². The van der Waals surface area contributed by atoms with Gasteiger partial charge in [0.25, 0.3) is 0 Å².